The lowest BCUT2D eigenvalue weighted by atomic mass is 9.63. The van der Waals surface area contributed by atoms with Gasteiger partial charge in [-0.1, -0.05) is 0 Å². The molecule has 1 aliphatic carbocycles. The molecule has 64 valence electrons. The lowest BCUT2D eigenvalue weighted by Gasteiger charge is -2.50. The van der Waals surface area contributed by atoms with Crippen LogP contribution in [0.2, 0.25) is 0 Å². The van der Waals surface area contributed by atoms with E-state index >= 15 is 0 Å². The third kappa shape index (κ3) is 1.00. The Morgan fingerprint density at radius 1 is 1.36 bits per heavy atom. The van der Waals surface area contributed by atoms with Crippen molar-refractivity contribution >= 4 is 0 Å². The van der Waals surface area contributed by atoms with Crippen LogP contribution in [0.5, 0.6) is 0 Å². The fraction of sp³-hybridized carbons (Fsp3) is 1.00. The van der Waals surface area contributed by atoms with Crippen LogP contribution >= 0.6 is 0 Å². The molecule has 2 nitrogen and oxygen atoms in total. The highest BCUT2D eigenvalue weighted by Crippen LogP contribution is 2.47. The molecule has 0 unspecified atom stereocenters. The van der Waals surface area contributed by atoms with Crippen molar-refractivity contribution < 1.29 is 0 Å². The summed E-state index contributed by atoms with van der Waals surface area (Å²) in [4.78, 5) is 2.40. The maximum absolute atomic E-state index is 3.47. The molecule has 1 N–H and O–H groups in total. The van der Waals surface area contributed by atoms with Crippen LogP contribution in [0.4, 0.5) is 0 Å². The predicted octanol–water partition coefficient (Wildman–Crippen LogP) is 0.690. The van der Waals surface area contributed by atoms with E-state index in [2.05, 4.69) is 24.3 Å². The first-order chi connectivity index (χ1) is 5.25. The van der Waals surface area contributed by atoms with Crippen molar-refractivity contribution in [2.24, 2.45) is 5.41 Å². The molecule has 0 amide bonds. The van der Waals surface area contributed by atoms with E-state index in [1.54, 1.807) is 0 Å². The molecule has 1 spiro atoms. The summed E-state index contributed by atoms with van der Waals surface area (Å²) in [6.45, 7) is 2.50. The predicted molar refractivity (Wildman–Crippen MR) is 46.6 cm³/mol. The van der Waals surface area contributed by atoms with Gasteiger partial charge in [0.05, 0.1) is 0 Å². The second kappa shape index (κ2) is 2.46. The van der Waals surface area contributed by atoms with E-state index in [4.69, 9.17) is 0 Å². The maximum atomic E-state index is 3.47. The second-order valence-corrected chi connectivity index (χ2v) is 4.31. The summed E-state index contributed by atoms with van der Waals surface area (Å²) in [7, 11) is 4.42. The zero-order valence-electron chi connectivity index (χ0n) is 7.56. The summed E-state index contributed by atoms with van der Waals surface area (Å²) < 4.78 is 0. The number of nitrogens with one attached hydrogen (secondary N) is 1. The minimum absolute atomic E-state index is 0.670. The first-order valence-electron chi connectivity index (χ1n) is 4.62. The molecule has 2 rings (SSSR count). The highest BCUT2D eigenvalue weighted by molar-refractivity contribution is 5.04. The zero-order valence-corrected chi connectivity index (χ0v) is 7.56. The summed E-state index contributed by atoms with van der Waals surface area (Å²) in [5.74, 6) is 0. The second-order valence-electron chi connectivity index (χ2n) is 4.31. The fourth-order valence-corrected chi connectivity index (χ4v) is 2.75. The number of rotatable bonds is 1. The highest BCUT2D eigenvalue weighted by atomic mass is 15.1. The van der Waals surface area contributed by atoms with Gasteiger partial charge in [0.2, 0.25) is 0 Å². The molecular formula is C9H18N2. The minimum Gasteiger partial charge on any atom is -0.316 e. The lowest BCUT2D eigenvalue weighted by Crippen LogP contribution is -2.53. The van der Waals surface area contributed by atoms with Crippen LogP contribution in [-0.2, 0) is 0 Å². The van der Waals surface area contributed by atoms with Crippen LogP contribution in [0.25, 0.3) is 0 Å². The van der Waals surface area contributed by atoms with Gasteiger partial charge in [-0.3, -0.25) is 0 Å². The molecule has 0 aromatic heterocycles. The van der Waals surface area contributed by atoms with Crippen LogP contribution < -0.4 is 5.32 Å². The Balaban J connectivity index is 2.03. The van der Waals surface area contributed by atoms with Gasteiger partial charge >= 0.3 is 0 Å². The third-order valence-electron chi connectivity index (χ3n) is 3.52. The minimum atomic E-state index is 0.670. The zero-order chi connectivity index (χ0) is 7.90. The number of hydrogen-bond donors (Lipinski definition) is 1. The summed E-state index contributed by atoms with van der Waals surface area (Å²) in [6.07, 6.45) is 4.26. The Kier molecular flexibility index (Phi) is 1.69. The van der Waals surface area contributed by atoms with E-state index in [1.165, 1.54) is 32.4 Å². The molecule has 1 saturated heterocycles. The van der Waals surface area contributed by atoms with Crippen molar-refractivity contribution in [2.75, 3.05) is 27.2 Å². The molecule has 1 saturated carbocycles. The Labute approximate surface area is 69.0 Å². The quantitative estimate of drug-likeness (QED) is 0.598. The highest BCUT2D eigenvalue weighted by Gasteiger charge is 2.48. The average Bonchev–Trinajstić information content (AvgIpc) is 2.31. The van der Waals surface area contributed by atoms with Crippen LogP contribution in [0.15, 0.2) is 0 Å². The molecule has 2 aliphatic rings. The van der Waals surface area contributed by atoms with Gasteiger partial charge in [0.1, 0.15) is 0 Å². The van der Waals surface area contributed by atoms with Gasteiger partial charge in [-0.15, -0.1) is 0 Å². The SMILES string of the molecule is CN(C)[C@H]1CC[C@@]12CCNC2. The van der Waals surface area contributed by atoms with Crippen molar-refractivity contribution in [1.82, 2.24) is 10.2 Å². The largest absolute Gasteiger partial charge is 0.316 e. The van der Waals surface area contributed by atoms with Crippen molar-refractivity contribution in [3.8, 4) is 0 Å². The Hall–Kier alpha value is -0.0800. The fourth-order valence-electron chi connectivity index (χ4n) is 2.75. The molecule has 2 heteroatoms. The number of nitrogens with zero attached hydrogens (tertiary/aromatic N) is 1. The van der Waals surface area contributed by atoms with Crippen molar-refractivity contribution in [3.05, 3.63) is 0 Å². The van der Waals surface area contributed by atoms with E-state index in [0.717, 1.165) is 6.04 Å². The first-order valence-corrected chi connectivity index (χ1v) is 4.62. The summed E-state index contributed by atoms with van der Waals surface area (Å²) in [6, 6.07) is 0.859. The van der Waals surface area contributed by atoms with Gasteiger partial charge in [-0.25, -0.2) is 0 Å². The van der Waals surface area contributed by atoms with Crippen molar-refractivity contribution in [1.29, 1.82) is 0 Å². The molecule has 1 heterocycles. The Bertz CT molecular complexity index is 148. The third-order valence-corrected chi connectivity index (χ3v) is 3.52. The summed E-state index contributed by atoms with van der Waals surface area (Å²) in [5, 5.41) is 3.47. The number of hydrogen-bond acceptors (Lipinski definition) is 2. The molecule has 2 atom stereocenters. The molecule has 0 aromatic rings. The molecule has 1 aliphatic heterocycles. The standard InChI is InChI=1S/C9H18N2/c1-11(2)8-3-4-9(8)5-6-10-7-9/h8,10H,3-7H2,1-2H3/t8-,9-/m0/s1. The molecule has 2 fully saturated rings. The van der Waals surface area contributed by atoms with Gasteiger partial charge in [0.15, 0.2) is 0 Å². The van der Waals surface area contributed by atoms with Crippen LogP contribution in [0.3, 0.4) is 0 Å². The summed E-state index contributed by atoms with van der Waals surface area (Å²) in [5.41, 5.74) is 0.670. The van der Waals surface area contributed by atoms with Gasteiger partial charge in [-0.2, -0.15) is 0 Å². The summed E-state index contributed by atoms with van der Waals surface area (Å²) >= 11 is 0. The van der Waals surface area contributed by atoms with Gasteiger partial charge < -0.3 is 10.2 Å². The van der Waals surface area contributed by atoms with Crippen LogP contribution in [0, 0.1) is 5.41 Å². The first kappa shape index (κ1) is 7.56. The molecule has 0 bridgehead atoms. The van der Waals surface area contributed by atoms with Gasteiger partial charge in [0, 0.05) is 12.6 Å². The van der Waals surface area contributed by atoms with Crippen molar-refractivity contribution in [2.45, 2.75) is 25.3 Å². The molecular weight excluding hydrogens is 136 g/mol. The smallest absolute Gasteiger partial charge is 0.0158 e. The van der Waals surface area contributed by atoms with Crippen molar-refractivity contribution in [3.63, 3.8) is 0 Å². The van der Waals surface area contributed by atoms with E-state index in [1.807, 2.05) is 0 Å². The van der Waals surface area contributed by atoms with E-state index < -0.39 is 0 Å². The van der Waals surface area contributed by atoms with Crippen LogP contribution in [0.1, 0.15) is 19.3 Å². The normalized spacial score (nSPS) is 43.4. The van der Waals surface area contributed by atoms with Gasteiger partial charge in [-0.05, 0) is 45.3 Å². The Morgan fingerprint density at radius 2 is 2.18 bits per heavy atom. The average molecular weight is 154 g/mol. The van der Waals surface area contributed by atoms with E-state index in [0.29, 0.717) is 5.41 Å². The van der Waals surface area contributed by atoms with E-state index in [9.17, 15) is 0 Å². The monoisotopic (exact) mass is 154 g/mol. The molecule has 0 radical (unpaired) electrons. The van der Waals surface area contributed by atoms with E-state index in [-0.39, 0.29) is 0 Å². The van der Waals surface area contributed by atoms with Crippen LogP contribution in [-0.4, -0.2) is 38.1 Å². The molecule has 11 heavy (non-hydrogen) atoms. The molecule has 0 aromatic carbocycles. The lowest BCUT2D eigenvalue weighted by molar-refractivity contribution is 0.0162. The topological polar surface area (TPSA) is 15.3 Å². The van der Waals surface area contributed by atoms with Gasteiger partial charge in [0.25, 0.3) is 0 Å². The maximum Gasteiger partial charge on any atom is 0.0158 e. The Morgan fingerprint density at radius 3 is 2.55 bits per heavy atom.